The van der Waals surface area contributed by atoms with E-state index >= 15 is 0 Å². The molecule has 3 rings (SSSR count). The summed E-state index contributed by atoms with van der Waals surface area (Å²) in [5.74, 6) is -4.21. The van der Waals surface area contributed by atoms with Gasteiger partial charge in [0.25, 0.3) is 5.91 Å². The maximum atomic E-state index is 14.5. The van der Waals surface area contributed by atoms with Crippen molar-refractivity contribution in [2.75, 3.05) is 31.6 Å². The van der Waals surface area contributed by atoms with Crippen molar-refractivity contribution in [3.8, 4) is 0 Å². The first-order chi connectivity index (χ1) is 15.2. The Labute approximate surface area is 195 Å². The first-order valence-electron chi connectivity index (χ1n) is 9.74. The molecule has 0 bridgehead atoms. The number of rotatable bonds is 8. The van der Waals surface area contributed by atoms with Crippen LogP contribution < -0.4 is 10.6 Å². The number of aliphatic hydroxyl groups excluding tert-OH is 2. The standard InChI is InChI=1S/C21H21F3IN3O4/c22-15-3-2-14(20(19(15)24)27-17-4-1-12(25)6-16(17)23)21(32)28-8-11(9-28)5-18(31)26-7-13(30)10-29/h1-4,6,11,13,27,29-30H,5,7-10H2,(H,26,31). The number of aliphatic hydroxyl groups is 2. The van der Waals surface area contributed by atoms with Crippen LogP contribution in [0, 0.1) is 26.9 Å². The fourth-order valence-electron chi connectivity index (χ4n) is 3.24. The predicted molar refractivity (Wildman–Crippen MR) is 119 cm³/mol. The lowest BCUT2D eigenvalue weighted by Gasteiger charge is -2.39. The van der Waals surface area contributed by atoms with E-state index in [1.807, 2.05) is 22.6 Å². The molecular weight excluding hydrogens is 542 g/mol. The SMILES string of the molecule is O=C(CC1CN(C(=O)c2ccc(F)c(F)c2Nc2ccc(I)cc2F)C1)NCC(O)CO. The molecule has 0 saturated carbocycles. The Balaban J connectivity index is 1.67. The number of hydrogen-bond donors (Lipinski definition) is 4. The Morgan fingerprint density at radius 3 is 2.53 bits per heavy atom. The molecule has 2 amide bonds. The molecule has 1 fully saturated rings. The van der Waals surface area contributed by atoms with Gasteiger partial charge in [-0.25, -0.2) is 13.2 Å². The molecule has 0 aromatic heterocycles. The molecule has 0 aliphatic carbocycles. The highest BCUT2D eigenvalue weighted by Gasteiger charge is 2.34. The summed E-state index contributed by atoms with van der Waals surface area (Å²) < 4.78 is 43.2. The number of likely N-dealkylation sites (tertiary alicyclic amines) is 1. The minimum atomic E-state index is -1.30. The van der Waals surface area contributed by atoms with Gasteiger partial charge in [0.15, 0.2) is 11.6 Å². The Morgan fingerprint density at radius 1 is 1.16 bits per heavy atom. The lowest BCUT2D eigenvalue weighted by atomic mass is 9.94. The molecular formula is C21H21F3IN3O4. The minimum Gasteiger partial charge on any atom is -0.394 e. The van der Waals surface area contributed by atoms with Crippen molar-refractivity contribution in [1.82, 2.24) is 10.2 Å². The van der Waals surface area contributed by atoms with Crippen LogP contribution in [0.25, 0.3) is 0 Å². The van der Waals surface area contributed by atoms with E-state index in [1.165, 1.54) is 17.0 Å². The largest absolute Gasteiger partial charge is 0.394 e. The molecule has 1 aliphatic rings. The number of hydrogen-bond acceptors (Lipinski definition) is 5. The molecule has 172 valence electrons. The maximum absolute atomic E-state index is 14.5. The molecule has 32 heavy (non-hydrogen) atoms. The minimum absolute atomic E-state index is 0.0797. The number of benzene rings is 2. The van der Waals surface area contributed by atoms with Gasteiger partial charge in [0, 0.05) is 35.5 Å². The molecule has 1 atom stereocenters. The quantitative estimate of drug-likeness (QED) is 0.370. The molecule has 1 unspecified atom stereocenters. The van der Waals surface area contributed by atoms with E-state index in [1.54, 1.807) is 6.07 Å². The number of nitrogens with one attached hydrogen (secondary N) is 2. The Hall–Kier alpha value is -2.38. The number of amides is 2. The van der Waals surface area contributed by atoms with Crippen LogP contribution in [0.5, 0.6) is 0 Å². The number of carbonyl (C=O) groups is 2. The van der Waals surface area contributed by atoms with Crippen molar-refractivity contribution in [1.29, 1.82) is 0 Å². The number of anilines is 2. The first kappa shape index (κ1) is 24.3. The predicted octanol–water partition coefficient (Wildman–Crippen LogP) is 2.38. The third-order valence-corrected chi connectivity index (χ3v) is 5.65. The summed E-state index contributed by atoms with van der Waals surface area (Å²) in [6.07, 6.45) is -0.936. The van der Waals surface area contributed by atoms with E-state index < -0.39 is 41.8 Å². The second-order valence-corrected chi connectivity index (χ2v) is 8.70. The normalized spacial score (nSPS) is 14.6. The smallest absolute Gasteiger partial charge is 0.256 e. The van der Waals surface area contributed by atoms with Gasteiger partial charge in [0.2, 0.25) is 5.91 Å². The fraction of sp³-hybridized carbons (Fsp3) is 0.333. The Morgan fingerprint density at radius 2 is 1.88 bits per heavy atom. The first-order valence-corrected chi connectivity index (χ1v) is 10.8. The number of nitrogens with zero attached hydrogens (tertiary/aromatic N) is 1. The second-order valence-electron chi connectivity index (χ2n) is 7.45. The van der Waals surface area contributed by atoms with Gasteiger partial charge in [0.05, 0.1) is 29.6 Å². The highest BCUT2D eigenvalue weighted by Crippen LogP contribution is 2.31. The summed E-state index contributed by atoms with van der Waals surface area (Å²) in [5, 5.41) is 23.0. The molecule has 11 heteroatoms. The van der Waals surface area contributed by atoms with E-state index in [4.69, 9.17) is 5.11 Å². The molecule has 2 aromatic rings. The van der Waals surface area contributed by atoms with Crippen LogP contribution in [0.3, 0.4) is 0 Å². The van der Waals surface area contributed by atoms with Gasteiger partial charge < -0.3 is 25.7 Å². The molecule has 1 heterocycles. The molecule has 7 nitrogen and oxygen atoms in total. The Kier molecular flexibility index (Phi) is 7.96. The highest BCUT2D eigenvalue weighted by molar-refractivity contribution is 14.1. The van der Waals surface area contributed by atoms with Crippen molar-refractivity contribution in [3.63, 3.8) is 0 Å². The van der Waals surface area contributed by atoms with Crippen LogP contribution in [0.1, 0.15) is 16.8 Å². The van der Waals surface area contributed by atoms with E-state index in [0.29, 0.717) is 3.57 Å². The number of carbonyl (C=O) groups excluding carboxylic acids is 2. The fourth-order valence-corrected chi connectivity index (χ4v) is 3.70. The van der Waals surface area contributed by atoms with Crippen LogP contribution in [-0.2, 0) is 4.79 Å². The number of halogens is 4. The Bertz CT molecular complexity index is 1020. The van der Waals surface area contributed by atoms with Gasteiger partial charge in [-0.15, -0.1) is 0 Å². The zero-order valence-electron chi connectivity index (χ0n) is 16.7. The molecule has 0 radical (unpaired) electrons. The van der Waals surface area contributed by atoms with E-state index in [0.717, 1.165) is 12.1 Å². The van der Waals surface area contributed by atoms with Crippen molar-refractivity contribution in [2.45, 2.75) is 12.5 Å². The monoisotopic (exact) mass is 563 g/mol. The summed E-state index contributed by atoms with van der Waals surface area (Å²) in [6, 6.07) is 6.11. The van der Waals surface area contributed by atoms with Crippen molar-refractivity contribution in [3.05, 3.63) is 56.9 Å². The van der Waals surface area contributed by atoms with Crippen LogP contribution in [0.4, 0.5) is 24.5 Å². The summed E-state index contributed by atoms with van der Waals surface area (Å²) >= 11 is 1.91. The maximum Gasteiger partial charge on any atom is 0.256 e. The van der Waals surface area contributed by atoms with Gasteiger partial charge in [0.1, 0.15) is 5.82 Å². The van der Waals surface area contributed by atoms with Gasteiger partial charge in [-0.3, -0.25) is 9.59 Å². The van der Waals surface area contributed by atoms with Crippen LogP contribution in [0.15, 0.2) is 30.3 Å². The van der Waals surface area contributed by atoms with Gasteiger partial charge in [-0.05, 0) is 52.9 Å². The summed E-state index contributed by atoms with van der Waals surface area (Å²) in [6.45, 7) is -0.0946. The zero-order chi connectivity index (χ0) is 23.4. The lowest BCUT2D eigenvalue weighted by molar-refractivity contribution is -0.123. The molecule has 1 saturated heterocycles. The average molecular weight is 563 g/mol. The van der Waals surface area contributed by atoms with Crippen LogP contribution in [0.2, 0.25) is 0 Å². The second kappa shape index (κ2) is 10.5. The van der Waals surface area contributed by atoms with Crippen molar-refractivity contribution >= 4 is 45.8 Å². The molecule has 1 aliphatic heterocycles. The topological polar surface area (TPSA) is 102 Å². The highest BCUT2D eigenvalue weighted by atomic mass is 127. The van der Waals surface area contributed by atoms with E-state index in [2.05, 4.69) is 10.6 Å². The van der Waals surface area contributed by atoms with Gasteiger partial charge in [-0.1, -0.05) is 0 Å². The van der Waals surface area contributed by atoms with E-state index in [-0.39, 0.29) is 49.1 Å². The van der Waals surface area contributed by atoms with Crippen LogP contribution in [-0.4, -0.2) is 59.3 Å². The zero-order valence-corrected chi connectivity index (χ0v) is 18.9. The van der Waals surface area contributed by atoms with Gasteiger partial charge >= 0.3 is 0 Å². The molecule has 2 aromatic carbocycles. The van der Waals surface area contributed by atoms with Gasteiger partial charge in [-0.2, -0.15) is 0 Å². The third-order valence-electron chi connectivity index (χ3n) is 4.98. The lowest BCUT2D eigenvalue weighted by Crippen LogP contribution is -2.51. The summed E-state index contributed by atoms with van der Waals surface area (Å²) in [5.41, 5.74) is -0.725. The molecule has 0 spiro atoms. The average Bonchev–Trinajstić information content (AvgIpc) is 2.73. The van der Waals surface area contributed by atoms with Crippen molar-refractivity contribution < 1.29 is 33.0 Å². The van der Waals surface area contributed by atoms with Crippen molar-refractivity contribution in [2.24, 2.45) is 5.92 Å². The van der Waals surface area contributed by atoms with Crippen LogP contribution >= 0.6 is 22.6 Å². The summed E-state index contributed by atoms with van der Waals surface area (Å²) in [7, 11) is 0. The molecule has 4 N–H and O–H groups in total. The summed E-state index contributed by atoms with van der Waals surface area (Å²) in [4.78, 5) is 26.1. The third kappa shape index (κ3) is 5.70. The van der Waals surface area contributed by atoms with E-state index in [9.17, 15) is 27.9 Å².